The second-order valence-electron chi connectivity index (χ2n) is 3.00. The lowest BCUT2D eigenvalue weighted by atomic mass is 10.2. The second-order valence-corrected chi connectivity index (χ2v) is 3.37. The van der Waals surface area contributed by atoms with Crippen molar-refractivity contribution in [3.63, 3.8) is 0 Å². The Bertz CT molecular complexity index is 278. The molecule has 0 aliphatic rings. The van der Waals surface area contributed by atoms with Crippen molar-refractivity contribution in [1.82, 2.24) is 0 Å². The maximum Gasteiger partial charge on any atom is 0.321 e. The summed E-state index contributed by atoms with van der Waals surface area (Å²) in [5.41, 5.74) is 9.94. The van der Waals surface area contributed by atoms with Crippen molar-refractivity contribution in [1.29, 1.82) is 0 Å². The average molecular weight is 305 g/mol. The third kappa shape index (κ3) is 15.0. The third-order valence-corrected chi connectivity index (χ3v) is 1.89. The van der Waals surface area contributed by atoms with Crippen LogP contribution in [-0.2, 0) is 14.4 Å². The van der Waals surface area contributed by atoms with Gasteiger partial charge in [0, 0.05) is 12.2 Å². The molecule has 0 spiro atoms. The van der Waals surface area contributed by atoms with Crippen molar-refractivity contribution in [3.05, 3.63) is 0 Å². The van der Waals surface area contributed by atoms with Gasteiger partial charge in [-0.3, -0.25) is 14.4 Å². The van der Waals surface area contributed by atoms with Gasteiger partial charge < -0.3 is 26.8 Å². The second kappa shape index (κ2) is 12.4. The molecule has 0 bridgehead atoms. The van der Waals surface area contributed by atoms with E-state index in [0.29, 0.717) is 0 Å². The van der Waals surface area contributed by atoms with E-state index in [1.165, 1.54) is 0 Å². The normalized spacial score (nSPS) is 12.2. The van der Waals surface area contributed by atoms with Gasteiger partial charge in [0.15, 0.2) is 0 Å². The number of aliphatic carboxylic acids is 3. The first-order chi connectivity index (χ1) is 7.72. The van der Waals surface area contributed by atoms with Crippen LogP contribution in [0.3, 0.4) is 0 Å². The highest BCUT2D eigenvalue weighted by atomic mass is 35.5. The van der Waals surface area contributed by atoms with Gasteiger partial charge >= 0.3 is 17.9 Å². The number of carboxylic acid groups (broad SMARTS) is 3. The molecule has 108 valence electrons. The first kappa shape index (κ1) is 22.2. The molecule has 2 unspecified atom stereocenters. The predicted octanol–water partition coefficient (Wildman–Crippen LogP) is -0.987. The van der Waals surface area contributed by atoms with Crippen LogP contribution in [-0.4, -0.2) is 51.1 Å². The third-order valence-electron chi connectivity index (χ3n) is 1.50. The Kier molecular flexibility index (Phi) is 15.3. The first-order valence-electron chi connectivity index (χ1n) is 4.51. The molecule has 2 atom stereocenters. The molecule has 8 nitrogen and oxygen atoms in total. The number of carboxylic acids is 3. The molecular formula is C8H17ClN2O6S. The van der Waals surface area contributed by atoms with E-state index in [4.69, 9.17) is 26.8 Å². The number of hydrogen-bond acceptors (Lipinski definition) is 6. The maximum atomic E-state index is 9.99. The quantitative estimate of drug-likeness (QED) is 0.340. The lowest BCUT2D eigenvalue weighted by Gasteiger charge is -2.01. The smallest absolute Gasteiger partial charge is 0.321 e. The zero-order chi connectivity index (χ0) is 14.0. The zero-order valence-electron chi connectivity index (χ0n) is 9.35. The molecule has 18 heavy (non-hydrogen) atoms. The van der Waals surface area contributed by atoms with E-state index < -0.39 is 30.0 Å². The molecule has 0 saturated carbocycles. The number of rotatable bonds is 6. The minimum absolute atomic E-state index is 0. The molecule has 0 heterocycles. The van der Waals surface area contributed by atoms with E-state index >= 15 is 0 Å². The number of hydrogen-bond donors (Lipinski definition) is 6. The summed E-state index contributed by atoms with van der Waals surface area (Å²) in [7, 11) is 0. The lowest BCUT2D eigenvalue weighted by molar-refractivity contribution is -0.140. The van der Waals surface area contributed by atoms with Crippen LogP contribution < -0.4 is 11.5 Å². The van der Waals surface area contributed by atoms with Crippen molar-refractivity contribution in [2.75, 3.05) is 5.75 Å². The number of nitrogens with two attached hydrogens (primary N) is 2. The van der Waals surface area contributed by atoms with Crippen LogP contribution in [0.25, 0.3) is 0 Å². The Hall–Kier alpha value is -1.03. The van der Waals surface area contributed by atoms with Crippen LogP contribution in [0.4, 0.5) is 0 Å². The summed E-state index contributed by atoms with van der Waals surface area (Å²) in [6, 6.07) is -1.88. The SMILES string of the molecule is Cl.NC(CCC(=O)O)C(=O)O.NC(CS)C(=O)O. The Morgan fingerprint density at radius 2 is 1.39 bits per heavy atom. The van der Waals surface area contributed by atoms with E-state index in [1.807, 2.05) is 0 Å². The summed E-state index contributed by atoms with van der Waals surface area (Å²) in [5, 5.41) is 24.3. The summed E-state index contributed by atoms with van der Waals surface area (Å²) in [5.74, 6) is -3.01. The standard InChI is InChI=1S/C5H9NO4.C3H7NO2S.ClH/c6-3(5(9)10)1-2-4(7)8;4-2(1-7)3(5)6;/h3H,1-2,6H2,(H,7,8)(H,9,10);2,7H,1,4H2,(H,5,6);1H. The topological polar surface area (TPSA) is 164 Å². The van der Waals surface area contributed by atoms with Gasteiger partial charge in [-0.2, -0.15) is 12.6 Å². The van der Waals surface area contributed by atoms with E-state index in [0.717, 1.165) is 0 Å². The average Bonchev–Trinajstić information content (AvgIpc) is 2.24. The first-order valence-corrected chi connectivity index (χ1v) is 5.15. The van der Waals surface area contributed by atoms with Crippen LogP contribution in [0.1, 0.15) is 12.8 Å². The van der Waals surface area contributed by atoms with Gasteiger partial charge in [-0.05, 0) is 6.42 Å². The van der Waals surface area contributed by atoms with Crippen LogP contribution in [0.5, 0.6) is 0 Å². The molecule has 0 aromatic carbocycles. The monoisotopic (exact) mass is 304 g/mol. The highest BCUT2D eigenvalue weighted by Crippen LogP contribution is 1.93. The van der Waals surface area contributed by atoms with Crippen molar-refractivity contribution < 1.29 is 29.7 Å². The van der Waals surface area contributed by atoms with E-state index in [9.17, 15) is 14.4 Å². The molecule has 0 fully saturated rings. The van der Waals surface area contributed by atoms with E-state index in [2.05, 4.69) is 12.6 Å². The number of carbonyl (C=O) groups is 3. The number of thiol groups is 1. The molecule has 0 amide bonds. The minimum atomic E-state index is -1.17. The van der Waals surface area contributed by atoms with Gasteiger partial charge in [0.05, 0.1) is 0 Å². The fourth-order valence-electron chi connectivity index (χ4n) is 0.481. The van der Waals surface area contributed by atoms with Crippen molar-refractivity contribution >= 4 is 42.9 Å². The molecule has 0 aromatic rings. The minimum Gasteiger partial charge on any atom is -0.481 e. The van der Waals surface area contributed by atoms with Crippen molar-refractivity contribution in [2.45, 2.75) is 24.9 Å². The summed E-state index contributed by atoms with van der Waals surface area (Å²) in [4.78, 5) is 29.6. The molecule has 0 radical (unpaired) electrons. The van der Waals surface area contributed by atoms with E-state index in [1.54, 1.807) is 0 Å². The molecule has 10 heteroatoms. The van der Waals surface area contributed by atoms with Crippen molar-refractivity contribution in [3.8, 4) is 0 Å². The Morgan fingerprint density at radius 3 is 1.56 bits per heavy atom. The van der Waals surface area contributed by atoms with Gasteiger partial charge in [-0.1, -0.05) is 0 Å². The van der Waals surface area contributed by atoms with Gasteiger partial charge in [0.2, 0.25) is 0 Å². The summed E-state index contributed by atoms with van der Waals surface area (Å²) in [6.45, 7) is 0. The van der Waals surface area contributed by atoms with Gasteiger partial charge in [-0.15, -0.1) is 12.4 Å². The Balaban J connectivity index is -0.000000251. The highest BCUT2D eigenvalue weighted by Gasteiger charge is 2.12. The lowest BCUT2D eigenvalue weighted by Crippen LogP contribution is -2.31. The van der Waals surface area contributed by atoms with Gasteiger partial charge in [0.25, 0.3) is 0 Å². The van der Waals surface area contributed by atoms with Gasteiger partial charge in [-0.25, -0.2) is 0 Å². The summed E-state index contributed by atoms with van der Waals surface area (Å²) < 4.78 is 0. The van der Waals surface area contributed by atoms with E-state index in [-0.39, 0.29) is 31.0 Å². The Morgan fingerprint density at radius 1 is 1.00 bits per heavy atom. The maximum absolute atomic E-state index is 9.99. The summed E-state index contributed by atoms with van der Waals surface area (Å²) in [6.07, 6.45) is -0.224. The molecule has 7 N–H and O–H groups in total. The Labute approximate surface area is 115 Å². The molecular weight excluding hydrogens is 288 g/mol. The fraction of sp³-hybridized carbons (Fsp3) is 0.625. The van der Waals surface area contributed by atoms with Gasteiger partial charge in [0.1, 0.15) is 12.1 Å². The van der Waals surface area contributed by atoms with Crippen LogP contribution in [0.2, 0.25) is 0 Å². The molecule has 0 rings (SSSR count). The van der Waals surface area contributed by atoms with Crippen LogP contribution in [0, 0.1) is 0 Å². The fourth-order valence-corrected chi connectivity index (χ4v) is 0.637. The van der Waals surface area contributed by atoms with Crippen LogP contribution in [0.15, 0.2) is 0 Å². The largest absolute Gasteiger partial charge is 0.481 e. The number of halogens is 1. The molecule has 0 aliphatic carbocycles. The molecule has 0 aliphatic heterocycles. The summed E-state index contributed by atoms with van der Waals surface area (Å²) >= 11 is 3.65. The molecule has 0 aromatic heterocycles. The molecule has 0 saturated heterocycles. The highest BCUT2D eigenvalue weighted by molar-refractivity contribution is 7.80. The predicted molar refractivity (Wildman–Crippen MR) is 69.2 cm³/mol. The zero-order valence-corrected chi connectivity index (χ0v) is 11.1. The van der Waals surface area contributed by atoms with Crippen LogP contribution >= 0.6 is 25.0 Å². The van der Waals surface area contributed by atoms with Crippen molar-refractivity contribution in [2.24, 2.45) is 11.5 Å².